The van der Waals surface area contributed by atoms with Gasteiger partial charge >= 0.3 is 5.97 Å². The number of rotatable bonds is 6. The van der Waals surface area contributed by atoms with Crippen molar-refractivity contribution in [2.24, 2.45) is 0 Å². The second kappa shape index (κ2) is 7.47. The predicted octanol–water partition coefficient (Wildman–Crippen LogP) is 2.80. The van der Waals surface area contributed by atoms with E-state index in [4.69, 9.17) is 4.74 Å². The van der Waals surface area contributed by atoms with Crippen LogP contribution in [0.1, 0.15) is 0 Å². The molecular formula is C15H14BrNO5S. The van der Waals surface area contributed by atoms with E-state index in [1.165, 1.54) is 25.3 Å². The first-order valence-corrected chi connectivity index (χ1v) is 8.76. The van der Waals surface area contributed by atoms with Gasteiger partial charge < -0.3 is 9.47 Å². The van der Waals surface area contributed by atoms with Gasteiger partial charge in [-0.25, -0.2) is 13.2 Å². The third kappa shape index (κ3) is 4.97. The standard InChI is InChI=1S/C15H14BrNO5S/c1-21-15(18)10-22-13-4-2-3-12(9-13)17-23(19,20)14-7-5-11(16)6-8-14/h2-9,17H,10H2,1H3. The van der Waals surface area contributed by atoms with Gasteiger partial charge in [-0.15, -0.1) is 0 Å². The Morgan fingerprint density at radius 1 is 1.17 bits per heavy atom. The third-order valence-electron chi connectivity index (χ3n) is 2.79. The van der Waals surface area contributed by atoms with E-state index in [0.717, 1.165) is 4.47 Å². The summed E-state index contributed by atoms with van der Waals surface area (Å²) < 4.78 is 37.5. The number of esters is 1. The maximum absolute atomic E-state index is 12.3. The van der Waals surface area contributed by atoms with E-state index in [1.807, 2.05) is 0 Å². The number of carbonyl (C=O) groups excluding carboxylic acids is 1. The molecule has 0 bridgehead atoms. The van der Waals surface area contributed by atoms with Gasteiger partial charge in [0, 0.05) is 10.5 Å². The van der Waals surface area contributed by atoms with Gasteiger partial charge in [0.2, 0.25) is 0 Å². The summed E-state index contributed by atoms with van der Waals surface area (Å²) in [4.78, 5) is 11.2. The van der Waals surface area contributed by atoms with Gasteiger partial charge in [-0.2, -0.15) is 0 Å². The Kier molecular flexibility index (Phi) is 5.62. The largest absolute Gasteiger partial charge is 0.482 e. The van der Waals surface area contributed by atoms with Crippen LogP contribution in [0.25, 0.3) is 0 Å². The molecule has 23 heavy (non-hydrogen) atoms. The molecule has 0 atom stereocenters. The molecule has 0 heterocycles. The van der Waals surface area contributed by atoms with Crippen molar-refractivity contribution in [1.29, 1.82) is 0 Å². The highest BCUT2D eigenvalue weighted by molar-refractivity contribution is 9.10. The zero-order chi connectivity index (χ0) is 16.9. The Hall–Kier alpha value is -2.06. The fourth-order valence-electron chi connectivity index (χ4n) is 1.68. The Morgan fingerprint density at radius 3 is 2.52 bits per heavy atom. The first-order chi connectivity index (χ1) is 10.9. The fourth-order valence-corrected chi connectivity index (χ4v) is 2.99. The molecule has 2 aromatic rings. The molecule has 6 nitrogen and oxygen atoms in total. The average molecular weight is 400 g/mol. The lowest BCUT2D eigenvalue weighted by atomic mass is 10.3. The van der Waals surface area contributed by atoms with Gasteiger partial charge in [0.25, 0.3) is 10.0 Å². The summed E-state index contributed by atoms with van der Waals surface area (Å²) in [7, 11) is -2.44. The van der Waals surface area contributed by atoms with Crippen LogP contribution in [0.15, 0.2) is 57.9 Å². The summed E-state index contributed by atoms with van der Waals surface area (Å²) in [6, 6.07) is 12.6. The minimum atomic E-state index is -3.70. The molecule has 1 N–H and O–H groups in total. The van der Waals surface area contributed by atoms with Gasteiger partial charge in [-0.1, -0.05) is 22.0 Å². The van der Waals surface area contributed by atoms with E-state index in [2.05, 4.69) is 25.4 Å². The van der Waals surface area contributed by atoms with Crippen molar-refractivity contribution in [3.8, 4) is 5.75 Å². The van der Waals surface area contributed by atoms with E-state index >= 15 is 0 Å². The topological polar surface area (TPSA) is 81.7 Å². The lowest BCUT2D eigenvalue weighted by Gasteiger charge is -2.10. The number of hydrogen-bond donors (Lipinski definition) is 1. The van der Waals surface area contributed by atoms with Crippen molar-refractivity contribution in [1.82, 2.24) is 0 Å². The molecule has 2 rings (SSSR count). The number of hydrogen-bond acceptors (Lipinski definition) is 5. The summed E-state index contributed by atoms with van der Waals surface area (Å²) >= 11 is 3.25. The highest BCUT2D eigenvalue weighted by Gasteiger charge is 2.14. The summed E-state index contributed by atoms with van der Waals surface area (Å²) in [6.45, 7) is -0.251. The summed E-state index contributed by atoms with van der Waals surface area (Å²) in [5.74, 6) is -0.169. The van der Waals surface area contributed by atoms with Crippen molar-refractivity contribution in [2.45, 2.75) is 4.90 Å². The second-order valence-corrected chi connectivity index (χ2v) is 7.05. The summed E-state index contributed by atoms with van der Waals surface area (Å²) in [5, 5.41) is 0. The zero-order valence-electron chi connectivity index (χ0n) is 12.2. The lowest BCUT2D eigenvalue weighted by molar-refractivity contribution is -0.142. The van der Waals surface area contributed by atoms with Crippen LogP contribution < -0.4 is 9.46 Å². The molecule has 0 radical (unpaired) electrons. The van der Waals surface area contributed by atoms with Crippen LogP contribution >= 0.6 is 15.9 Å². The Labute approximate surface area is 142 Å². The van der Waals surface area contributed by atoms with Crippen molar-refractivity contribution in [2.75, 3.05) is 18.4 Å². The summed E-state index contributed by atoms with van der Waals surface area (Å²) in [5.41, 5.74) is 0.329. The Bertz CT molecular complexity index is 790. The molecule has 0 aliphatic carbocycles. The second-order valence-electron chi connectivity index (χ2n) is 4.45. The maximum atomic E-state index is 12.3. The number of ether oxygens (including phenoxy) is 2. The monoisotopic (exact) mass is 399 g/mol. The molecule has 2 aromatic carbocycles. The Balaban J connectivity index is 2.13. The van der Waals surface area contributed by atoms with E-state index in [1.54, 1.807) is 30.3 Å². The minimum Gasteiger partial charge on any atom is -0.482 e. The van der Waals surface area contributed by atoms with Gasteiger partial charge in [-0.3, -0.25) is 4.72 Å². The molecule has 0 saturated carbocycles. The van der Waals surface area contributed by atoms with Crippen molar-refractivity contribution < 1.29 is 22.7 Å². The van der Waals surface area contributed by atoms with E-state index in [-0.39, 0.29) is 11.5 Å². The van der Waals surface area contributed by atoms with E-state index in [0.29, 0.717) is 11.4 Å². The molecule has 0 amide bonds. The fraction of sp³-hybridized carbons (Fsp3) is 0.133. The van der Waals surface area contributed by atoms with Crippen LogP contribution in [0, 0.1) is 0 Å². The van der Waals surface area contributed by atoms with Crippen LogP contribution in [0.4, 0.5) is 5.69 Å². The minimum absolute atomic E-state index is 0.140. The van der Waals surface area contributed by atoms with Crippen molar-refractivity contribution in [3.63, 3.8) is 0 Å². The maximum Gasteiger partial charge on any atom is 0.343 e. The summed E-state index contributed by atoms with van der Waals surface area (Å²) in [6.07, 6.45) is 0. The number of methoxy groups -OCH3 is 1. The van der Waals surface area contributed by atoms with Crippen LogP contribution in [0.5, 0.6) is 5.75 Å². The SMILES string of the molecule is COC(=O)COc1cccc(NS(=O)(=O)c2ccc(Br)cc2)c1. The van der Waals surface area contributed by atoms with Crippen LogP contribution in [0.3, 0.4) is 0 Å². The van der Waals surface area contributed by atoms with Crippen molar-refractivity contribution >= 4 is 37.6 Å². The van der Waals surface area contributed by atoms with Gasteiger partial charge in [0.05, 0.1) is 17.7 Å². The Morgan fingerprint density at radius 2 is 1.87 bits per heavy atom. The molecule has 0 unspecified atom stereocenters. The molecular weight excluding hydrogens is 386 g/mol. The highest BCUT2D eigenvalue weighted by atomic mass is 79.9. The number of sulfonamides is 1. The number of anilines is 1. The molecule has 0 aliphatic rings. The quantitative estimate of drug-likeness (QED) is 0.755. The van der Waals surface area contributed by atoms with Crippen LogP contribution in [0.2, 0.25) is 0 Å². The first kappa shape index (κ1) is 17.3. The van der Waals surface area contributed by atoms with Crippen molar-refractivity contribution in [3.05, 3.63) is 53.0 Å². The molecule has 0 aliphatic heterocycles. The molecule has 0 fully saturated rings. The smallest absolute Gasteiger partial charge is 0.343 e. The molecule has 8 heteroatoms. The molecule has 0 aromatic heterocycles. The molecule has 122 valence electrons. The van der Waals surface area contributed by atoms with Gasteiger partial charge in [0.15, 0.2) is 6.61 Å². The highest BCUT2D eigenvalue weighted by Crippen LogP contribution is 2.22. The number of nitrogens with one attached hydrogen (secondary N) is 1. The normalized spacial score (nSPS) is 10.9. The molecule has 0 spiro atoms. The van der Waals surface area contributed by atoms with Gasteiger partial charge in [0.1, 0.15) is 5.75 Å². The lowest BCUT2D eigenvalue weighted by Crippen LogP contribution is -2.14. The first-order valence-electron chi connectivity index (χ1n) is 6.49. The number of halogens is 1. The van der Waals surface area contributed by atoms with Crippen LogP contribution in [-0.2, 0) is 19.6 Å². The average Bonchev–Trinajstić information content (AvgIpc) is 2.53. The van der Waals surface area contributed by atoms with E-state index < -0.39 is 16.0 Å². The van der Waals surface area contributed by atoms with E-state index in [9.17, 15) is 13.2 Å². The third-order valence-corrected chi connectivity index (χ3v) is 4.72. The predicted molar refractivity (Wildman–Crippen MR) is 88.9 cm³/mol. The van der Waals surface area contributed by atoms with Crippen LogP contribution in [-0.4, -0.2) is 28.1 Å². The number of carbonyl (C=O) groups is 1. The van der Waals surface area contributed by atoms with Gasteiger partial charge in [-0.05, 0) is 36.4 Å². The zero-order valence-corrected chi connectivity index (χ0v) is 14.6. The molecule has 0 saturated heterocycles. The number of benzene rings is 2.